The maximum atomic E-state index is 12.8. The van der Waals surface area contributed by atoms with Gasteiger partial charge < -0.3 is 10.2 Å². The Bertz CT molecular complexity index is 728. The molecule has 2 aromatic rings. The number of hydrogen-bond acceptors (Lipinski definition) is 3. The summed E-state index contributed by atoms with van der Waals surface area (Å²) in [4.78, 5) is 14.8. The number of benzene rings is 1. The molecule has 1 N–H and O–H groups in total. The predicted octanol–water partition coefficient (Wildman–Crippen LogP) is 2.83. The van der Waals surface area contributed by atoms with Gasteiger partial charge in [0.1, 0.15) is 6.54 Å². The minimum atomic E-state index is 0.210. The van der Waals surface area contributed by atoms with E-state index in [0.717, 1.165) is 45.4 Å². The topological polar surface area (TPSA) is 50.2 Å². The molecule has 0 bridgehead atoms. The fourth-order valence-electron chi connectivity index (χ4n) is 4.49. The number of likely N-dealkylation sites (tertiary alicyclic amines) is 1. The SMILES string of the molecule is O=C(Cn1nccc1C1CCCNC1)N1CCC(Cc2ccccc2)CC1. The number of amides is 1. The predicted molar refractivity (Wildman–Crippen MR) is 107 cm³/mol. The van der Waals surface area contributed by atoms with Crippen LogP contribution in [0, 0.1) is 5.92 Å². The molecule has 5 nitrogen and oxygen atoms in total. The summed E-state index contributed by atoms with van der Waals surface area (Å²) in [5.41, 5.74) is 2.61. The van der Waals surface area contributed by atoms with Gasteiger partial charge in [-0.1, -0.05) is 30.3 Å². The summed E-state index contributed by atoms with van der Waals surface area (Å²) < 4.78 is 1.93. The molecule has 1 unspecified atom stereocenters. The smallest absolute Gasteiger partial charge is 0.244 e. The highest BCUT2D eigenvalue weighted by Gasteiger charge is 2.25. The summed E-state index contributed by atoms with van der Waals surface area (Å²) in [5, 5.41) is 7.89. The highest BCUT2D eigenvalue weighted by Crippen LogP contribution is 2.24. The van der Waals surface area contributed by atoms with Gasteiger partial charge in [-0.25, -0.2) is 0 Å². The number of rotatable bonds is 5. The van der Waals surface area contributed by atoms with E-state index in [4.69, 9.17) is 0 Å². The highest BCUT2D eigenvalue weighted by atomic mass is 16.2. The lowest BCUT2D eigenvalue weighted by atomic mass is 9.90. The molecule has 2 saturated heterocycles. The van der Waals surface area contributed by atoms with Gasteiger partial charge in [0.15, 0.2) is 0 Å². The average molecular weight is 367 g/mol. The number of hydrogen-bond donors (Lipinski definition) is 1. The Balaban J connectivity index is 1.29. The molecule has 3 heterocycles. The number of aromatic nitrogens is 2. The number of carbonyl (C=O) groups is 1. The molecule has 0 radical (unpaired) electrons. The second kappa shape index (κ2) is 8.70. The Morgan fingerprint density at radius 2 is 1.93 bits per heavy atom. The van der Waals surface area contributed by atoms with Gasteiger partial charge in [0, 0.05) is 37.4 Å². The minimum Gasteiger partial charge on any atom is -0.341 e. The van der Waals surface area contributed by atoms with Crippen molar-refractivity contribution in [2.45, 2.75) is 44.6 Å². The van der Waals surface area contributed by atoms with E-state index < -0.39 is 0 Å². The molecule has 0 saturated carbocycles. The first-order chi connectivity index (χ1) is 13.3. The van der Waals surface area contributed by atoms with Gasteiger partial charge >= 0.3 is 0 Å². The van der Waals surface area contributed by atoms with Crippen molar-refractivity contribution in [1.82, 2.24) is 20.0 Å². The van der Waals surface area contributed by atoms with Crippen LogP contribution in [0.2, 0.25) is 0 Å². The van der Waals surface area contributed by atoms with Gasteiger partial charge in [-0.15, -0.1) is 0 Å². The fourth-order valence-corrected chi connectivity index (χ4v) is 4.49. The summed E-state index contributed by atoms with van der Waals surface area (Å²) in [6.07, 6.45) is 7.53. The molecule has 1 aromatic heterocycles. The van der Waals surface area contributed by atoms with Crippen LogP contribution in [-0.2, 0) is 17.8 Å². The Hall–Kier alpha value is -2.14. The van der Waals surface area contributed by atoms with E-state index in [1.54, 1.807) is 0 Å². The molecule has 1 amide bonds. The van der Waals surface area contributed by atoms with Gasteiger partial charge in [-0.3, -0.25) is 9.48 Å². The second-order valence-electron chi connectivity index (χ2n) is 7.97. The standard InChI is InChI=1S/C22H30N4O/c27-22(17-26-21(8-12-24-26)20-7-4-11-23-16-20)25-13-9-19(10-14-25)15-18-5-2-1-3-6-18/h1-3,5-6,8,12,19-20,23H,4,7,9-11,13-17H2. The number of piperidine rings is 2. The van der Waals surface area contributed by atoms with Crippen molar-refractivity contribution in [3.8, 4) is 0 Å². The number of nitrogens with zero attached hydrogens (tertiary/aromatic N) is 3. The van der Waals surface area contributed by atoms with Gasteiger partial charge in [0.2, 0.25) is 5.91 Å². The van der Waals surface area contributed by atoms with Crippen molar-refractivity contribution in [3.05, 3.63) is 53.9 Å². The van der Waals surface area contributed by atoms with Crippen molar-refractivity contribution in [3.63, 3.8) is 0 Å². The van der Waals surface area contributed by atoms with Crippen LogP contribution < -0.4 is 5.32 Å². The van der Waals surface area contributed by atoms with Crippen LogP contribution in [0.5, 0.6) is 0 Å². The van der Waals surface area contributed by atoms with Crippen molar-refractivity contribution in [2.75, 3.05) is 26.2 Å². The average Bonchev–Trinajstić information content (AvgIpc) is 3.18. The molecule has 1 aromatic carbocycles. The van der Waals surface area contributed by atoms with E-state index in [1.807, 2.05) is 15.8 Å². The quantitative estimate of drug-likeness (QED) is 0.885. The monoisotopic (exact) mass is 366 g/mol. The first-order valence-electron chi connectivity index (χ1n) is 10.3. The third kappa shape index (κ3) is 4.59. The van der Waals surface area contributed by atoms with E-state index in [0.29, 0.717) is 18.4 Å². The van der Waals surface area contributed by atoms with Crippen molar-refractivity contribution >= 4 is 5.91 Å². The highest BCUT2D eigenvalue weighted by molar-refractivity contribution is 5.76. The molecule has 0 spiro atoms. The van der Waals surface area contributed by atoms with E-state index in [1.165, 1.54) is 24.1 Å². The maximum Gasteiger partial charge on any atom is 0.244 e. The third-order valence-corrected chi connectivity index (χ3v) is 6.08. The molecular formula is C22H30N4O. The van der Waals surface area contributed by atoms with E-state index in [9.17, 15) is 4.79 Å². The van der Waals surface area contributed by atoms with Crippen LogP contribution in [0.4, 0.5) is 0 Å². The molecular weight excluding hydrogens is 336 g/mol. The minimum absolute atomic E-state index is 0.210. The number of carbonyl (C=O) groups excluding carboxylic acids is 1. The van der Waals surface area contributed by atoms with Crippen LogP contribution in [-0.4, -0.2) is 46.8 Å². The van der Waals surface area contributed by atoms with Crippen molar-refractivity contribution in [2.24, 2.45) is 5.92 Å². The van der Waals surface area contributed by atoms with Gasteiger partial charge in [-0.2, -0.15) is 5.10 Å². The Kier molecular flexibility index (Phi) is 5.87. The fraction of sp³-hybridized carbons (Fsp3) is 0.545. The van der Waals surface area contributed by atoms with Crippen LogP contribution in [0.3, 0.4) is 0 Å². The van der Waals surface area contributed by atoms with E-state index in [-0.39, 0.29) is 5.91 Å². The first-order valence-corrected chi connectivity index (χ1v) is 10.3. The van der Waals surface area contributed by atoms with Gasteiger partial charge in [0.25, 0.3) is 0 Å². The molecule has 0 aliphatic carbocycles. The molecule has 2 fully saturated rings. The summed E-state index contributed by atoms with van der Waals surface area (Å²) >= 11 is 0. The second-order valence-corrected chi connectivity index (χ2v) is 7.97. The molecule has 27 heavy (non-hydrogen) atoms. The van der Waals surface area contributed by atoms with Gasteiger partial charge in [0.05, 0.1) is 0 Å². The Labute approximate surface area is 161 Å². The third-order valence-electron chi connectivity index (χ3n) is 6.08. The van der Waals surface area contributed by atoms with Crippen molar-refractivity contribution < 1.29 is 4.79 Å². The van der Waals surface area contributed by atoms with E-state index in [2.05, 4.69) is 46.8 Å². The normalized spacial score (nSPS) is 21.3. The molecule has 2 aliphatic heterocycles. The molecule has 1 atom stereocenters. The molecule has 5 heteroatoms. The zero-order valence-corrected chi connectivity index (χ0v) is 16.0. The summed E-state index contributed by atoms with van der Waals surface area (Å²) in [6, 6.07) is 12.8. The summed E-state index contributed by atoms with van der Waals surface area (Å²) in [6.45, 7) is 4.21. The van der Waals surface area contributed by atoms with Crippen LogP contribution in [0.15, 0.2) is 42.6 Å². The lowest BCUT2D eigenvalue weighted by Crippen LogP contribution is -2.41. The van der Waals surface area contributed by atoms with Crippen LogP contribution in [0.25, 0.3) is 0 Å². The maximum absolute atomic E-state index is 12.8. The largest absolute Gasteiger partial charge is 0.341 e. The van der Waals surface area contributed by atoms with E-state index >= 15 is 0 Å². The lowest BCUT2D eigenvalue weighted by Gasteiger charge is -2.32. The summed E-state index contributed by atoms with van der Waals surface area (Å²) in [5.74, 6) is 1.37. The van der Waals surface area contributed by atoms with Crippen LogP contribution in [0.1, 0.15) is 42.9 Å². The molecule has 4 rings (SSSR count). The zero-order chi connectivity index (χ0) is 18.5. The molecule has 144 valence electrons. The molecule has 2 aliphatic rings. The first kappa shape index (κ1) is 18.2. The number of nitrogens with one attached hydrogen (secondary N) is 1. The van der Waals surface area contributed by atoms with Crippen LogP contribution >= 0.6 is 0 Å². The summed E-state index contributed by atoms with van der Waals surface area (Å²) in [7, 11) is 0. The Morgan fingerprint density at radius 1 is 1.11 bits per heavy atom. The van der Waals surface area contributed by atoms with Crippen molar-refractivity contribution in [1.29, 1.82) is 0 Å². The lowest BCUT2D eigenvalue weighted by molar-refractivity contribution is -0.133. The zero-order valence-electron chi connectivity index (χ0n) is 16.0. The van der Waals surface area contributed by atoms with Gasteiger partial charge in [-0.05, 0) is 56.2 Å². The Morgan fingerprint density at radius 3 is 2.67 bits per heavy atom.